The van der Waals surface area contributed by atoms with Gasteiger partial charge in [-0.2, -0.15) is 8.75 Å². The van der Waals surface area contributed by atoms with Crippen LogP contribution in [0.3, 0.4) is 0 Å². The van der Waals surface area contributed by atoms with Gasteiger partial charge in [-0.05, 0) is 61.9 Å². The molecule has 4 rings (SSSR count). The number of amides is 1. The summed E-state index contributed by atoms with van der Waals surface area (Å²) in [4.78, 5) is 12.6. The van der Waals surface area contributed by atoms with E-state index in [1.807, 2.05) is 0 Å². The van der Waals surface area contributed by atoms with Gasteiger partial charge in [-0.3, -0.25) is 4.79 Å². The minimum absolute atomic E-state index is 0.123. The lowest BCUT2D eigenvalue weighted by Crippen LogP contribution is -2.33. The van der Waals surface area contributed by atoms with Crippen LogP contribution in [0.1, 0.15) is 25.7 Å². The molecule has 0 aliphatic heterocycles. The summed E-state index contributed by atoms with van der Waals surface area (Å²) in [6.45, 7) is 0.314. The molecule has 1 aliphatic carbocycles. The third-order valence-corrected chi connectivity index (χ3v) is 7.41. The molecule has 10 heteroatoms. The van der Waals surface area contributed by atoms with Gasteiger partial charge in [0.15, 0.2) is 0 Å². The number of fused-ring (bicyclic) bond motifs is 1. The van der Waals surface area contributed by atoms with E-state index in [9.17, 15) is 17.6 Å². The molecule has 2 N–H and O–H groups in total. The molecule has 2 aromatic carbocycles. The second-order valence-electron chi connectivity index (χ2n) is 7.46. The molecule has 0 radical (unpaired) electrons. The highest BCUT2D eigenvalue weighted by atomic mass is 32.2. The first-order chi connectivity index (χ1) is 14.4. The molecule has 0 unspecified atom stereocenters. The number of nitrogens with zero attached hydrogens (tertiary/aromatic N) is 2. The van der Waals surface area contributed by atoms with Crippen molar-refractivity contribution in [2.45, 2.75) is 30.6 Å². The Bertz CT molecular complexity index is 1160. The number of carbonyl (C=O) groups is 1. The highest BCUT2D eigenvalue weighted by molar-refractivity contribution is 7.89. The molecule has 30 heavy (non-hydrogen) atoms. The summed E-state index contributed by atoms with van der Waals surface area (Å²) in [6, 6.07) is 10.7. The van der Waals surface area contributed by atoms with Crippen molar-refractivity contribution in [1.29, 1.82) is 0 Å². The molecule has 3 aromatic rings. The Morgan fingerprint density at radius 1 is 1.10 bits per heavy atom. The van der Waals surface area contributed by atoms with Crippen molar-refractivity contribution < 1.29 is 17.6 Å². The lowest BCUT2D eigenvalue weighted by molar-refractivity contribution is -0.121. The zero-order chi connectivity index (χ0) is 21.1. The molecule has 1 heterocycles. The van der Waals surface area contributed by atoms with Crippen molar-refractivity contribution in [3.05, 3.63) is 48.3 Å². The van der Waals surface area contributed by atoms with Crippen LogP contribution in [0.25, 0.3) is 11.0 Å². The second-order valence-corrected chi connectivity index (χ2v) is 9.72. The van der Waals surface area contributed by atoms with Gasteiger partial charge in [-0.25, -0.2) is 17.5 Å². The number of benzene rings is 2. The van der Waals surface area contributed by atoms with Gasteiger partial charge in [0.2, 0.25) is 15.9 Å². The first kappa shape index (κ1) is 20.8. The Kier molecular flexibility index (Phi) is 6.07. The highest BCUT2D eigenvalue weighted by Gasteiger charge is 2.28. The number of carbonyl (C=O) groups excluding carboxylic acids is 1. The van der Waals surface area contributed by atoms with E-state index in [4.69, 9.17) is 0 Å². The minimum Gasteiger partial charge on any atom is -0.326 e. The predicted octanol–water partition coefficient (Wildman–Crippen LogP) is 3.55. The van der Waals surface area contributed by atoms with Gasteiger partial charge in [0, 0.05) is 18.2 Å². The summed E-state index contributed by atoms with van der Waals surface area (Å²) in [5, 5.41) is 2.76. The molecule has 1 aliphatic rings. The maximum atomic E-state index is 13.3. The van der Waals surface area contributed by atoms with Gasteiger partial charge >= 0.3 is 0 Å². The van der Waals surface area contributed by atoms with Gasteiger partial charge in [-0.15, -0.1) is 0 Å². The summed E-state index contributed by atoms with van der Waals surface area (Å²) >= 11 is 0.983. The van der Waals surface area contributed by atoms with Crippen LogP contribution in [-0.2, 0) is 14.8 Å². The SMILES string of the molecule is O=C(Nc1cccc(F)c1)C1CCC(CNS(=O)(=O)c2cccc3nsnc23)CC1. The molecule has 0 atom stereocenters. The number of hydrogen-bond donors (Lipinski definition) is 2. The quantitative estimate of drug-likeness (QED) is 0.601. The number of nitrogens with one attached hydrogen (secondary N) is 2. The van der Waals surface area contributed by atoms with Crippen molar-refractivity contribution in [3.63, 3.8) is 0 Å². The Morgan fingerprint density at radius 2 is 1.87 bits per heavy atom. The van der Waals surface area contributed by atoms with Crippen molar-refractivity contribution in [2.24, 2.45) is 11.8 Å². The topological polar surface area (TPSA) is 101 Å². The summed E-state index contributed by atoms with van der Waals surface area (Å²) in [5.41, 5.74) is 1.39. The van der Waals surface area contributed by atoms with E-state index in [1.165, 1.54) is 18.2 Å². The van der Waals surface area contributed by atoms with Gasteiger partial charge in [0.05, 0.1) is 11.7 Å². The van der Waals surface area contributed by atoms with Crippen molar-refractivity contribution >= 4 is 44.4 Å². The third-order valence-electron chi connectivity index (χ3n) is 5.41. The summed E-state index contributed by atoms with van der Waals surface area (Å²) in [7, 11) is -3.69. The molecule has 0 bridgehead atoms. The minimum atomic E-state index is -3.69. The molecule has 1 saturated carbocycles. The van der Waals surface area contributed by atoms with Crippen LogP contribution in [0, 0.1) is 17.7 Å². The Hall–Kier alpha value is -2.43. The lowest BCUT2D eigenvalue weighted by atomic mass is 9.81. The molecular formula is C20H21FN4O3S2. The van der Waals surface area contributed by atoms with E-state index in [1.54, 1.807) is 24.3 Å². The van der Waals surface area contributed by atoms with Crippen LogP contribution in [0.5, 0.6) is 0 Å². The summed E-state index contributed by atoms with van der Waals surface area (Å²) in [6.07, 6.45) is 2.82. The van der Waals surface area contributed by atoms with Crippen LogP contribution < -0.4 is 10.0 Å². The highest BCUT2D eigenvalue weighted by Crippen LogP contribution is 2.30. The van der Waals surface area contributed by atoms with E-state index >= 15 is 0 Å². The third kappa shape index (κ3) is 4.66. The van der Waals surface area contributed by atoms with E-state index in [0.717, 1.165) is 24.6 Å². The normalized spacial score (nSPS) is 19.6. The first-order valence-corrected chi connectivity index (χ1v) is 11.9. The first-order valence-electron chi connectivity index (χ1n) is 9.70. The molecule has 0 saturated heterocycles. The molecule has 1 aromatic heterocycles. The average Bonchev–Trinajstić information content (AvgIpc) is 3.21. The summed E-state index contributed by atoms with van der Waals surface area (Å²) < 4.78 is 49.6. The summed E-state index contributed by atoms with van der Waals surface area (Å²) in [5.74, 6) is -0.517. The zero-order valence-electron chi connectivity index (χ0n) is 16.0. The molecule has 0 spiro atoms. The largest absolute Gasteiger partial charge is 0.326 e. The van der Waals surface area contributed by atoms with E-state index in [-0.39, 0.29) is 22.6 Å². The zero-order valence-corrected chi connectivity index (χ0v) is 17.7. The van der Waals surface area contributed by atoms with E-state index in [0.29, 0.717) is 36.1 Å². The van der Waals surface area contributed by atoms with Gasteiger partial charge in [-0.1, -0.05) is 12.1 Å². The van der Waals surface area contributed by atoms with Crippen LogP contribution >= 0.6 is 11.7 Å². The molecule has 1 amide bonds. The molecule has 1 fully saturated rings. The Labute approximate surface area is 178 Å². The smallest absolute Gasteiger partial charge is 0.242 e. The number of halogens is 1. The fourth-order valence-corrected chi connectivity index (χ4v) is 5.62. The lowest BCUT2D eigenvalue weighted by Gasteiger charge is -2.27. The number of sulfonamides is 1. The van der Waals surface area contributed by atoms with Crippen molar-refractivity contribution in [2.75, 3.05) is 11.9 Å². The molecular weight excluding hydrogens is 427 g/mol. The van der Waals surface area contributed by atoms with E-state index in [2.05, 4.69) is 18.8 Å². The number of hydrogen-bond acceptors (Lipinski definition) is 6. The fraction of sp³-hybridized carbons (Fsp3) is 0.350. The fourth-order valence-electron chi connectivity index (χ4n) is 3.74. The Balaban J connectivity index is 1.30. The van der Waals surface area contributed by atoms with Crippen LogP contribution in [0.15, 0.2) is 47.4 Å². The average molecular weight is 449 g/mol. The molecule has 7 nitrogen and oxygen atoms in total. The van der Waals surface area contributed by atoms with Crippen molar-refractivity contribution in [3.8, 4) is 0 Å². The predicted molar refractivity (Wildman–Crippen MR) is 113 cm³/mol. The standard InChI is InChI=1S/C20H21FN4O3S2/c21-15-3-1-4-16(11-15)23-20(26)14-9-7-13(8-10-14)12-22-30(27,28)18-6-2-5-17-19(18)25-29-24-17/h1-6,11,13-14,22H,7-10,12H2,(H,23,26). The van der Waals surface area contributed by atoms with Crippen LogP contribution in [0.2, 0.25) is 0 Å². The van der Waals surface area contributed by atoms with Gasteiger partial charge < -0.3 is 5.32 Å². The van der Waals surface area contributed by atoms with Crippen LogP contribution in [-0.4, -0.2) is 29.6 Å². The van der Waals surface area contributed by atoms with Crippen LogP contribution in [0.4, 0.5) is 10.1 Å². The van der Waals surface area contributed by atoms with Gasteiger partial charge in [0.1, 0.15) is 21.7 Å². The van der Waals surface area contributed by atoms with Gasteiger partial charge in [0.25, 0.3) is 0 Å². The second kappa shape index (κ2) is 8.75. The number of anilines is 1. The number of rotatable bonds is 6. The maximum Gasteiger partial charge on any atom is 0.242 e. The number of aromatic nitrogens is 2. The molecule has 158 valence electrons. The van der Waals surface area contributed by atoms with E-state index < -0.39 is 15.8 Å². The monoisotopic (exact) mass is 448 g/mol. The van der Waals surface area contributed by atoms with Crippen molar-refractivity contribution in [1.82, 2.24) is 13.5 Å². The maximum absolute atomic E-state index is 13.3. The Morgan fingerprint density at radius 3 is 2.63 bits per heavy atom.